The van der Waals surface area contributed by atoms with Crippen molar-refractivity contribution in [2.45, 2.75) is 25.9 Å². The van der Waals surface area contributed by atoms with E-state index in [0.29, 0.717) is 0 Å². The number of benzene rings is 2. The fourth-order valence-corrected chi connectivity index (χ4v) is 2.45. The van der Waals surface area contributed by atoms with E-state index < -0.39 is 5.82 Å². The van der Waals surface area contributed by atoms with E-state index in [0.717, 1.165) is 16.9 Å². The van der Waals surface area contributed by atoms with Crippen LogP contribution in [0.25, 0.3) is 0 Å². The lowest BCUT2D eigenvalue weighted by Gasteiger charge is -2.21. The van der Waals surface area contributed by atoms with E-state index in [1.165, 1.54) is 6.07 Å². The summed E-state index contributed by atoms with van der Waals surface area (Å²) in [6.45, 7) is 4.11. The maximum Gasteiger partial charge on any atom is 0.141 e. The summed E-state index contributed by atoms with van der Waals surface area (Å²) in [6.07, 6.45) is 0. The zero-order chi connectivity index (χ0) is 15.4. The van der Waals surface area contributed by atoms with Crippen molar-refractivity contribution in [3.05, 3.63) is 64.4 Å². The first-order valence-electron chi connectivity index (χ1n) is 6.86. The first-order chi connectivity index (χ1) is 10.0. The van der Waals surface area contributed by atoms with Gasteiger partial charge in [0.05, 0.1) is 12.1 Å². The van der Waals surface area contributed by atoms with Crippen molar-refractivity contribution in [3.63, 3.8) is 0 Å². The monoisotopic (exact) mass is 307 g/mol. The van der Waals surface area contributed by atoms with Crippen LogP contribution in [0.1, 0.15) is 37.1 Å². The van der Waals surface area contributed by atoms with E-state index >= 15 is 0 Å². The molecule has 0 radical (unpaired) electrons. The molecule has 0 bridgehead atoms. The van der Waals surface area contributed by atoms with E-state index in [1.807, 2.05) is 31.2 Å². The van der Waals surface area contributed by atoms with Crippen molar-refractivity contribution in [2.75, 3.05) is 7.11 Å². The van der Waals surface area contributed by atoms with Crippen molar-refractivity contribution >= 4 is 11.6 Å². The average molecular weight is 308 g/mol. The van der Waals surface area contributed by atoms with Gasteiger partial charge in [-0.2, -0.15) is 0 Å². The second kappa shape index (κ2) is 6.92. The zero-order valence-corrected chi connectivity index (χ0v) is 13.1. The second-order valence-electron chi connectivity index (χ2n) is 5.06. The number of ether oxygens (including phenoxy) is 1. The SMILES string of the molecule is COc1cccc(C(C)NC(C)c2ccc(F)c(Cl)c2)c1. The van der Waals surface area contributed by atoms with Crippen LogP contribution in [0.15, 0.2) is 42.5 Å². The molecular formula is C17H19ClFNO. The van der Waals surface area contributed by atoms with Crippen molar-refractivity contribution in [1.29, 1.82) is 0 Å². The van der Waals surface area contributed by atoms with E-state index in [9.17, 15) is 4.39 Å². The Morgan fingerprint density at radius 3 is 2.33 bits per heavy atom. The highest BCUT2D eigenvalue weighted by atomic mass is 35.5. The Balaban J connectivity index is 2.10. The highest BCUT2D eigenvalue weighted by molar-refractivity contribution is 6.30. The minimum atomic E-state index is -0.395. The molecule has 21 heavy (non-hydrogen) atoms. The summed E-state index contributed by atoms with van der Waals surface area (Å²) in [4.78, 5) is 0. The van der Waals surface area contributed by atoms with E-state index in [1.54, 1.807) is 19.2 Å². The maximum absolute atomic E-state index is 13.2. The molecule has 2 atom stereocenters. The van der Waals surface area contributed by atoms with E-state index in [-0.39, 0.29) is 17.1 Å². The van der Waals surface area contributed by atoms with Crippen molar-refractivity contribution < 1.29 is 9.13 Å². The van der Waals surface area contributed by atoms with Crippen LogP contribution >= 0.6 is 11.6 Å². The van der Waals surface area contributed by atoms with Gasteiger partial charge in [0.2, 0.25) is 0 Å². The van der Waals surface area contributed by atoms with E-state index in [2.05, 4.69) is 12.2 Å². The molecule has 0 aliphatic rings. The molecule has 112 valence electrons. The molecule has 0 spiro atoms. The quantitative estimate of drug-likeness (QED) is 0.848. The molecule has 2 unspecified atom stereocenters. The Hall–Kier alpha value is -1.58. The molecule has 0 saturated heterocycles. The Bertz CT molecular complexity index is 617. The number of hydrogen-bond acceptors (Lipinski definition) is 2. The van der Waals surface area contributed by atoms with Crippen LogP contribution in [0.2, 0.25) is 5.02 Å². The number of nitrogens with one attached hydrogen (secondary N) is 1. The molecule has 0 aliphatic carbocycles. The third-order valence-electron chi connectivity index (χ3n) is 3.54. The van der Waals surface area contributed by atoms with Crippen LogP contribution < -0.4 is 10.1 Å². The van der Waals surface area contributed by atoms with Crippen molar-refractivity contribution in [2.24, 2.45) is 0 Å². The van der Waals surface area contributed by atoms with E-state index in [4.69, 9.17) is 16.3 Å². The van der Waals surface area contributed by atoms with Crippen LogP contribution in [0.4, 0.5) is 4.39 Å². The molecule has 0 fully saturated rings. The predicted molar refractivity (Wildman–Crippen MR) is 84.4 cm³/mol. The normalized spacial score (nSPS) is 13.8. The number of methoxy groups -OCH3 is 1. The fraction of sp³-hybridized carbons (Fsp3) is 0.294. The van der Waals surface area contributed by atoms with Gasteiger partial charge >= 0.3 is 0 Å². The van der Waals surface area contributed by atoms with Crippen LogP contribution in [0, 0.1) is 5.82 Å². The lowest BCUT2D eigenvalue weighted by atomic mass is 10.0. The Morgan fingerprint density at radius 1 is 1.05 bits per heavy atom. The van der Waals surface area contributed by atoms with Gasteiger partial charge in [-0.3, -0.25) is 0 Å². The minimum Gasteiger partial charge on any atom is -0.497 e. The van der Waals surface area contributed by atoms with Gasteiger partial charge in [-0.15, -0.1) is 0 Å². The van der Waals surface area contributed by atoms with Gasteiger partial charge in [0.25, 0.3) is 0 Å². The smallest absolute Gasteiger partial charge is 0.141 e. The number of halogens is 2. The van der Waals surface area contributed by atoms with Gasteiger partial charge in [-0.1, -0.05) is 29.8 Å². The molecule has 0 aromatic heterocycles. The molecule has 0 saturated carbocycles. The van der Waals surface area contributed by atoms with Gasteiger partial charge < -0.3 is 10.1 Å². The molecule has 0 heterocycles. The third kappa shape index (κ3) is 3.96. The Labute approximate surface area is 129 Å². The highest BCUT2D eigenvalue weighted by Gasteiger charge is 2.13. The molecule has 4 heteroatoms. The van der Waals surface area contributed by atoms with Gasteiger partial charge in [-0.25, -0.2) is 4.39 Å². The lowest BCUT2D eigenvalue weighted by molar-refractivity contribution is 0.412. The standard InChI is InChI=1S/C17H19ClFNO/c1-11(13-5-4-6-15(9-13)21-3)20-12(2)14-7-8-17(19)16(18)10-14/h4-12,20H,1-3H3. The number of hydrogen-bond donors (Lipinski definition) is 1. The first-order valence-corrected chi connectivity index (χ1v) is 7.24. The summed E-state index contributed by atoms with van der Waals surface area (Å²) < 4.78 is 18.4. The molecular weight excluding hydrogens is 289 g/mol. The average Bonchev–Trinajstić information content (AvgIpc) is 2.49. The Kier molecular flexibility index (Phi) is 5.21. The van der Waals surface area contributed by atoms with Crippen LogP contribution in [-0.4, -0.2) is 7.11 Å². The van der Waals surface area contributed by atoms with Crippen molar-refractivity contribution in [3.8, 4) is 5.75 Å². The molecule has 2 aromatic rings. The second-order valence-corrected chi connectivity index (χ2v) is 5.47. The van der Waals surface area contributed by atoms with Gasteiger partial charge in [0, 0.05) is 12.1 Å². The summed E-state index contributed by atoms with van der Waals surface area (Å²) in [5, 5.41) is 3.62. The molecule has 2 aromatic carbocycles. The topological polar surface area (TPSA) is 21.3 Å². The minimum absolute atomic E-state index is 0.0595. The number of rotatable bonds is 5. The maximum atomic E-state index is 13.2. The van der Waals surface area contributed by atoms with Crippen LogP contribution in [-0.2, 0) is 0 Å². The third-order valence-corrected chi connectivity index (χ3v) is 3.83. The summed E-state index contributed by atoms with van der Waals surface area (Å²) >= 11 is 5.83. The summed E-state index contributed by atoms with van der Waals surface area (Å²) in [5.41, 5.74) is 2.09. The van der Waals surface area contributed by atoms with Gasteiger partial charge in [-0.05, 0) is 49.2 Å². The molecule has 1 N–H and O–H groups in total. The summed E-state index contributed by atoms with van der Waals surface area (Å²) in [5.74, 6) is 0.437. The largest absolute Gasteiger partial charge is 0.497 e. The predicted octanol–water partition coefficient (Wildman–Crippen LogP) is 4.90. The molecule has 0 amide bonds. The van der Waals surface area contributed by atoms with Gasteiger partial charge in [0.15, 0.2) is 0 Å². The molecule has 0 aliphatic heterocycles. The molecule has 2 nitrogen and oxygen atoms in total. The summed E-state index contributed by atoms with van der Waals surface area (Å²) in [7, 11) is 1.65. The van der Waals surface area contributed by atoms with Crippen molar-refractivity contribution in [1.82, 2.24) is 5.32 Å². The summed E-state index contributed by atoms with van der Waals surface area (Å²) in [6, 6.07) is 12.9. The van der Waals surface area contributed by atoms with Crippen LogP contribution in [0.5, 0.6) is 5.75 Å². The molecule has 2 rings (SSSR count). The first kappa shape index (κ1) is 15.8. The highest BCUT2D eigenvalue weighted by Crippen LogP contribution is 2.24. The lowest BCUT2D eigenvalue weighted by Crippen LogP contribution is -2.22. The van der Waals surface area contributed by atoms with Gasteiger partial charge in [0.1, 0.15) is 11.6 Å². The fourth-order valence-electron chi connectivity index (χ4n) is 2.26. The van der Waals surface area contributed by atoms with Crippen LogP contribution in [0.3, 0.4) is 0 Å². The zero-order valence-electron chi connectivity index (χ0n) is 12.4. The Morgan fingerprint density at radius 2 is 1.71 bits per heavy atom.